The van der Waals surface area contributed by atoms with Gasteiger partial charge < -0.3 is 11.1 Å². The average molecular weight is 158 g/mol. The Kier molecular flexibility index (Phi) is 6.57. The first-order chi connectivity index (χ1) is 5.29. The van der Waals surface area contributed by atoms with Crippen LogP contribution in [0.3, 0.4) is 0 Å². The minimum atomic E-state index is 0.620. The summed E-state index contributed by atoms with van der Waals surface area (Å²) < 4.78 is 0. The predicted molar refractivity (Wildman–Crippen MR) is 50.6 cm³/mol. The van der Waals surface area contributed by atoms with E-state index in [1.165, 1.54) is 19.3 Å². The molecule has 0 spiro atoms. The third-order valence-electron chi connectivity index (χ3n) is 2.37. The largest absolute Gasteiger partial charge is 0.330 e. The van der Waals surface area contributed by atoms with Crippen molar-refractivity contribution < 1.29 is 0 Å². The molecule has 0 rings (SSSR count). The second-order valence-electron chi connectivity index (χ2n) is 3.09. The molecule has 0 saturated carbocycles. The molecule has 0 aromatic heterocycles. The van der Waals surface area contributed by atoms with Crippen LogP contribution in [0, 0.1) is 5.92 Å². The van der Waals surface area contributed by atoms with Gasteiger partial charge in [0.2, 0.25) is 0 Å². The van der Waals surface area contributed by atoms with E-state index in [0.717, 1.165) is 6.54 Å². The van der Waals surface area contributed by atoms with Crippen LogP contribution in [0.4, 0.5) is 0 Å². The van der Waals surface area contributed by atoms with Crippen LogP contribution in [0.2, 0.25) is 0 Å². The molecule has 0 heterocycles. The summed E-state index contributed by atoms with van der Waals surface area (Å²) >= 11 is 0. The number of nitrogens with one attached hydrogen (secondary N) is 1. The van der Waals surface area contributed by atoms with E-state index in [-0.39, 0.29) is 0 Å². The van der Waals surface area contributed by atoms with Crippen molar-refractivity contribution in [3.05, 3.63) is 0 Å². The van der Waals surface area contributed by atoms with E-state index in [4.69, 9.17) is 5.73 Å². The molecule has 0 bridgehead atoms. The van der Waals surface area contributed by atoms with Crippen molar-refractivity contribution in [3.63, 3.8) is 0 Å². The van der Waals surface area contributed by atoms with Gasteiger partial charge in [0, 0.05) is 6.04 Å². The lowest BCUT2D eigenvalue weighted by Crippen LogP contribution is -2.37. The van der Waals surface area contributed by atoms with Gasteiger partial charge in [0.05, 0.1) is 0 Å². The third kappa shape index (κ3) is 3.73. The average Bonchev–Trinajstić information content (AvgIpc) is 2.05. The van der Waals surface area contributed by atoms with Crippen LogP contribution in [0.25, 0.3) is 0 Å². The lowest BCUT2D eigenvalue weighted by Gasteiger charge is -2.23. The Morgan fingerprint density at radius 3 is 2.27 bits per heavy atom. The molecule has 11 heavy (non-hydrogen) atoms. The van der Waals surface area contributed by atoms with E-state index < -0.39 is 0 Å². The fraction of sp³-hybridized carbons (Fsp3) is 1.00. The van der Waals surface area contributed by atoms with Crippen molar-refractivity contribution in [2.45, 2.75) is 39.2 Å². The maximum absolute atomic E-state index is 5.65. The molecule has 2 atom stereocenters. The van der Waals surface area contributed by atoms with Crippen LogP contribution in [-0.4, -0.2) is 19.6 Å². The van der Waals surface area contributed by atoms with Gasteiger partial charge in [-0.3, -0.25) is 0 Å². The van der Waals surface area contributed by atoms with Gasteiger partial charge in [0.1, 0.15) is 0 Å². The molecule has 0 unspecified atom stereocenters. The van der Waals surface area contributed by atoms with E-state index in [0.29, 0.717) is 12.0 Å². The van der Waals surface area contributed by atoms with Gasteiger partial charge in [-0.2, -0.15) is 0 Å². The Labute approximate surface area is 70.5 Å². The summed E-state index contributed by atoms with van der Waals surface area (Å²) in [5, 5.41) is 3.32. The monoisotopic (exact) mass is 158 g/mol. The summed E-state index contributed by atoms with van der Waals surface area (Å²) in [6.07, 6.45) is 3.66. The molecule has 3 N–H and O–H groups in total. The quantitative estimate of drug-likeness (QED) is 0.612. The first-order valence-corrected chi connectivity index (χ1v) is 4.67. The highest BCUT2D eigenvalue weighted by molar-refractivity contribution is 4.74. The van der Waals surface area contributed by atoms with Crippen LogP contribution < -0.4 is 11.1 Å². The zero-order valence-electron chi connectivity index (χ0n) is 8.06. The van der Waals surface area contributed by atoms with Gasteiger partial charge >= 0.3 is 0 Å². The Morgan fingerprint density at radius 2 is 2.00 bits per heavy atom. The molecular formula is C9H22N2. The van der Waals surface area contributed by atoms with E-state index in [9.17, 15) is 0 Å². The highest BCUT2D eigenvalue weighted by Gasteiger charge is 2.14. The molecule has 0 aliphatic rings. The highest BCUT2D eigenvalue weighted by atomic mass is 14.9. The topological polar surface area (TPSA) is 38.0 Å². The fourth-order valence-corrected chi connectivity index (χ4v) is 1.54. The number of hydrogen-bond acceptors (Lipinski definition) is 2. The molecule has 0 amide bonds. The predicted octanol–water partition coefficient (Wildman–Crippen LogP) is 1.36. The Balaban J connectivity index is 3.76. The van der Waals surface area contributed by atoms with Crippen molar-refractivity contribution >= 4 is 0 Å². The molecule has 0 saturated heterocycles. The SMILES string of the molecule is CCC[C@H](NC)[C@@H](CC)CN. The highest BCUT2D eigenvalue weighted by Crippen LogP contribution is 2.11. The van der Waals surface area contributed by atoms with Crippen LogP contribution in [0.15, 0.2) is 0 Å². The Hall–Kier alpha value is -0.0800. The molecule has 0 aliphatic heterocycles. The second kappa shape index (κ2) is 6.62. The minimum absolute atomic E-state index is 0.620. The molecule has 0 radical (unpaired) electrons. The normalized spacial score (nSPS) is 16.4. The molecule has 2 nitrogen and oxygen atoms in total. The van der Waals surface area contributed by atoms with Gasteiger partial charge in [-0.25, -0.2) is 0 Å². The molecule has 0 aliphatic carbocycles. The van der Waals surface area contributed by atoms with E-state index in [1.54, 1.807) is 0 Å². The van der Waals surface area contributed by atoms with E-state index in [2.05, 4.69) is 19.2 Å². The fourth-order valence-electron chi connectivity index (χ4n) is 1.54. The summed E-state index contributed by atoms with van der Waals surface area (Å²) in [5.74, 6) is 0.653. The van der Waals surface area contributed by atoms with Gasteiger partial charge in [0.15, 0.2) is 0 Å². The minimum Gasteiger partial charge on any atom is -0.330 e. The molecule has 68 valence electrons. The number of hydrogen-bond donors (Lipinski definition) is 2. The third-order valence-corrected chi connectivity index (χ3v) is 2.37. The van der Waals surface area contributed by atoms with Gasteiger partial charge in [0.25, 0.3) is 0 Å². The zero-order valence-corrected chi connectivity index (χ0v) is 8.06. The summed E-state index contributed by atoms with van der Waals surface area (Å²) in [6.45, 7) is 5.23. The second-order valence-corrected chi connectivity index (χ2v) is 3.09. The lowest BCUT2D eigenvalue weighted by atomic mass is 9.94. The summed E-state index contributed by atoms with van der Waals surface area (Å²) in [5.41, 5.74) is 5.65. The van der Waals surface area contributed by atoms with Crippen molar-refractivity contribution in [2.75, 3.05) is 13.6 Å². The van der Waals surface area contributed by atoms with Crippen LogP contribution >= 0.6 is 0 Å². The smallest absolute Gasteiger partial charge is 0.0104 e. The Morgan fingerprint density at radius 1 is 1.36 bits per heavy atom. The summed E-state index contributed by atoms with van der Waals surface area (Å²) in [4.78, 5) is 0. The van der Waals surface area contributed by atoms with Crippen LogP contribution in [0.1, 0.15) is 33.1 Å². The summed E-state index contributed by atoms with van der Waals surface area (Å²) in [6, 6.07) is 0.620. The molecular weight excluding hydrogens is 136 g/mol. The van der Waals surface area contributed by atoms with Crippen molar-refractivity contribution in [1.29, 1.82) is 0 Å². The van der Waals surface area contributed by atoms with E-state index in [1.807, 2.05) is 7.05 Å². The maximum atomic E-state index is 5.65. The molecule has 2 heteroatoms. The van der Waals surface area contributed by atoms with Crippen molar-refractivity contribution in [1.82, 2.24) is 5.32 Å². The van der Waals surface area contributed by atoms with Crippen LogP contribution in [0.5, 0.6) is 0 Å². The van der Waals surface area contributed by atoms with Gasteiger partial charge in [-0.05, 0) is 25.9 Å². The number of nitrogens with two attached hydrogens (primary N) is 1. The summed E-state index contributed by atoms with van der Waals surface area (Å²) in [7, 11) is 2.03. The maximum Gasteiger partial charge on any atom is 0.0104 e. The first-order valence-electron chi connectivity index (χ1n) is 4.67. The standard InChI is InChI=1S/C9H22N2/c1-4-6-9(11-3)8(5-2)7-10/h8-9,11H,4-7,10H2,1-3H3/t8-,9-/m0/s1. The molecule has 0 fully saturated rings. The van der Waals surface area contributed by atoms with Crippen molar-refractivity contribution in [2.24, 2.45) is 11.7 Å². The number of rotatable bonds is 6. The van der Waals surface area contributed by atoms with E-state index >= 15 is 0 Å². The zero-order chi connectivity index (χ0) is 8.69. The molecule has 0 aromatic carbocycles. The van der Waals surface area contributed by atoms with Gasteiger partial charge in [-0.1, -0.05) is 26.7 Å². The lowest BCUT2D eigenvalue weighted by molar-refractivity contribution is 0.348. The van der Waals surface area contributed by atoms with Crippen LogP contribution in [-0.2, 0) is 0 Å². The first kappa shape index (κ1) is 10.9. The Bertz CT molecular complexity index is 79.6. The van der Waals surface area contributed by atoms with Gasteiger partial charge in [-0.15, -0.1) is 0 Å². The van der Waals surface area contributed by atoms with Crippen molar-refractivity contribution in [3.8, 4) is 0 Å². The molecule has 0 aromatic rings.